The normalized spacial score (nSPS) is 13.1. The van der Waals surface area contributed by atoms with Crippen molar-refractivity contribution in [1.29, 1.82) is 0 Å². The first-order chi connectivity index (χ1) is 25.1. The number of furan rings is 1. The second kappa shape index (κ2) is 11.3. The number of fused-ring (bicyclic) bond motifs is 7. The van der Waals surface area contributed by atoms with Gasteiger partial charge in [0.2, 0.25) is 0 Å². The molecule has 1 aliphatic carbocycles. The Labute approximate surface area is 297 Å². The van der Waals surface area contributed by atoms with Gasteiger partial charge in [0.05, 0.1) is 5.69 Å². The average Bonchev–Trinajstić information content (AvgIpc) is 3.68. The molecule has 0 amide bonds. The zero-order valence-corrected chi connectivity index (χ0v) is 28.6. The Hall–Kier alpha value is -6.38. The molecule has 2 nitrogen and oxygen atoms in total. The first-order valence-electron chi connectivity index (χ1n) is 17.7. The van der Waals surface area contributed by atoms with Gasteiger partial charge in [0, 0.05) is 27.6 Å². The third-order valence-corrected chi connectivity index (χ3v) is 10.8. The van der Waals surface area contributed by atoms with Crippen LogP contribution in [0.15, 0.2) is 180 Å². The summed E-state index contributed by atoms with van der Waals surface area (Å²) in [7, 11) is 0. The Morgan fingerprint density at radius 3 is 2.00 bits per heavy atom. The van der Waals surface area contributed by atoms with E-state index >= 15 is 0 Å². The fraction of sp³-hybridized carbons (Fsp3) is 0.0612. The predicted molar refractivity (Wildman–Crippen MR) is 214 cm³/mol. The highest BCUT2D eigenvalue weighted by Gasteiger charge is 2.37. The van der Waals surface area contributed by atoms with Crippen molar-refractivity contribution in [1.82, 2.24) is 0 Å². The largest absolute Gasteiger partial charge is 0.454 e. The summed E-state index contributed by atoms with van der Waals surface area (Å²) in [5.41, 5.74) is 15.1. The molecule has 8 aromatic carbocycles. The van der Waals surface area contributed by atoms with Crippen molar-refractivity contribution >= 4 is 49.8 Å². The Morgan fingerprint density at radius 1 is 0.451 bits per heavy atom. The second-order valence-corrected chi connectivity index (χ2v) is 14.1. The number of nitrogens with zero attached hydrogens (tertiary/aromatic N) is 1. The molecule has 0 saturated heterocycles. The van der Waals surface area contributed by atoms with Crippen LogP contribution < -0.4 is 4.90 Å². The summed E-state index contributed by atoms with van der Waals surface area (Å²) in [4.78, 5) is 2.35. The van der Waals surface area contributed by atoms with Crippen LogP contribution in [0.5, 0.6) is 0 Å². The smallest absolute Gasteiger partial charge is 0.159 e. The van der Waals surface area contributed by atoms with E-state index in [0.29, 0.717) is 0 Å². The molecule has 0 saturated carbocycles. The third kappa shape index (κ3) is 4.57. The molecular formula is C49H35NO. The van der Waals surface area contributed by atoms with Crippen LogP contribution in [0.3, 0.4) is 0 Å². The van der Waals surface area contributed by atoms with Gasteiger partial charge < -0.3 is 9.32 Å². The maximum absolute atomic E-state index is 6.64. The van der Waals surface area contributed by atoms with Crippen LogP contribution in [0.1, 0.15) is 25.0 Å². The van der Waals surface area contributed by atoms with Gasteiger partial charge in [-0.2, -0.15) is 0 Å². The maximum Gasteiger partial charge on any atom is 0.159 e. The average molecular weight is 654 g/mol. The molecule has 0 atom stereocenters. The molecule has 0 spiro atoms. The molecule has 0 aliphatic heterocycles. The standard InChI is InChI=1S/C49H35NO/c1-49(2)44-24-7-5-18-40(44)42-22-11-21-39(47(42)49)33-27-29-35(30-28-33)50(45-25-12-23-43-41-19-6-8-26-46(41)51-48(43)45)36-16-9-15-34(31-36)38-20-10-14-32-13-3-4-17-37(32)38/h3-31H,1-2H3. The van der Waals surface area contributed by atoms with E-state index in [2.05, 4.69) is 189 Å². The van der Waals surface area contributed by atoms with Crippen molar-refractivity contribution in [2.45, 2.75) is 19.3 Å². The maximum atomic E-state index is 6.64. The SMILES string of the molecule is CC1(C)c2ccccc2-c2cccc(-c3ccc(N(c4cccc(-c5cccc6ccccc56)c4)c4cccc5c4oc4ccccc45)cc3)c21. The molecule has 0 fully saturated rings. The highest BCUT2D eigenvalue weighted by atomic mass is 16.3. The van der Waals surface area contributed by atoms with E-state index in [9.17, 15) is 0 Å². The number of rotatable bonds is 5. The van der Waals surface area contributed by atoms with Crippen LogP contribution >= 0.6 is 0 Å². The van der Waals surface area contributed by atoms with E-state index in [1.807, 2.05) is 6.07 Å². The molecule has 51 heavy (non-hydrogen) atoms. The minimum atomic E-state index is -0.0911. The first kappa shape index (κ1) is 29.5. The number of para-hydroxylation sites is 2. The van der Waals surface area contributed by atoms with Gasteiger partial charge in [-0.1, -0.05) is 153 Å². The van der Waals surface area contributed by atoms with Crippen LogP contribution in [0.2, 0.25) is 0 Å². The number of benzene rings is 8. The number of hydrogen-bond donors (Lipinski definition) is 0. The number of anilines is 3. The molecule has 9 aromatic rings. The molecule has 1 heterocycles. The lowest BCUT2D eigenvalue weighted by Crippen LogP contribution is -2.16. The molecule has 10 rings (SSSR count). The predicted octanol–water partition coefficient (Wildman–Crippen LogP) is 13.8. The van der Waals surface area contributed by atoms with Gasteiger partial charge >= 0.3 is 0 Å². The summed E-state index contributed by atoms with van der Waals surface area (Å²) < 4.78 is 6.64. The van der Waals surface area contributed by atoms with Gasteiger partial charge in [-0.25, -0.2) is 0 Å². The van der Waals surface area contributed by atoms with Gasteiger partial charge in [-0.3, -0.25) is 0 Å². The van der Waals surface area contributed by atoms with Crippen molar-refractivity contribution in [2.24, 2.45) is 0 Å². The summed E-state index contributed by atoms with van der Waals surface area (Å²) >= 11 is 0. The van der Waals surface area contributed by atoms with Crippen LogP contribution in [-0.2, 0) is 5.41 Å². The zero-order valence-electron chi connectivity index (χ0n) is 28.6. The molecule has 2 heteroatoms. The Kier molecular flexibility index (Phi) is 6.56. The van der Waals surface area contributed by atoms with Gasteiger partial charge in [-0.15, -0.1) is 0 Å². The fourth-order valence-corrected chi connectivity index (χ4v) is 8.50. The van der Waals surface area contributed by atoms with Gasteiger partial charge in [0.25, 0.3) is 0 Å². The summed E-state index contributed by atoms with van der Waals surface area (Å²) in [6.45, 7) is 4.71. The summed E-state index contributed by atoms with van der Waals surface area (Å²) in [5.74, 6) is 0. The summed E-state index contributed by atoms with van der Waals surface area (Å²) in [6, 6.07) is 63.5. The third-order valence-electron chi connectivity index (χ3n) is 10.8. The minimum absolute atomic E-state index is 0.0911. The van der Waals surface area contributed by atoms with Gasteiger partial charge in [-0.05, 0) is 91.7 Å². The van der Waals surface area contributed by atoms with E-state index in [4.69, 9.17) is 4.42 Å². The number of hydrogen-bond acceptors (Lipinski definition) is 2. The molecule has 1 aromatic heterocycles. The van der Waals surface area contributed by atoms with E-state index in [1.54, 1.807) is 0 Å². The van der Waals surface area contributed by atoms with E-state index < -0.39 is 0 Å². The van der Waals surface area contributed by atoms with E-state index in [-0.39, 0.29) is 5.41 Å². The molecule has 0 radical (unpaired) electrons. The van der Waals surface area contributed by atoms with Crippen molar-refractivity contribution in [3.8, 4) is 33.4 Å². The summed E-state index contributed by atoms with van der Waals surface area (Å²) in [5, 5.41) is 4.71. The minimum Gasteiger partial charge on any atom is -0.454 e. The van der Waals surface area contributed by atoms with Gasteiger partial charge in [0.1, 0.15) is 5.58 Å². The Morgan fingerprint density at radius 2 is 1.10 bits per heavy atom. The molecule has 1 aliphatic rings. The van der Waals surface area contributed by atoms with Crippen molar-refractivity contribution in [3.63, 3.8) is 0 Å². The quantitative estimate of drug-likeness (QED) is 0.184. The summed E-state index contributed by atoms with van der Waals surface area (Å²) in [6.07, 6.45) is 0. The lowest BCUT2D eigenvalue weighted by molar-refractivity contribution is 0.662. The Bertz CT molecular complexity index is 2780. The molecule has 0 N–H and O–H groups in total. The van der Waals surface area contributed by atoms with E-state index in [0.717, 1.165) is 39.0 Å². The van der Waals surface area contributed by atoms with Crippen molar-refractivity contribution < 1.29 is 4.42 Å². The van der Waals surface area contributed by atoms with Crippen LogP contribution in [0.25, 0.3) is 66.1 Å². The topological polar surface area (TPSA) is 16.4 Å². The molecule has 242 valence electrons. The zero-order chi connectivity index (χ0) is 34.1. The lowest BCUT2D eigenvalue weighted by atomic mass is 9.79. The monoisotopic (exact) mass is 653 g/mol. The van der Waals surface area contributed by atoms with E-state index in [1.165, 1.54) is 55.3 Å². The van der Waals surface area contributed by atoms with Crippen LogP contribution in [0.4, 0.5) is 17.1 Å². The van der Waals surface area contributed by atoms with Gasteiger partial charge in [0.15, 0.2) is 5.58 Å². The van der Waals surface area contributed by atoms with Crippen LogP contribution in [-0.4, -0.2) is 0 Å². The fourth-order valence-electron chi connectivity index (χ4n) is 8.50. The first-order valence-corrected chi connectivity index (χ1v) is 17.7. The highest BCUT2D eigenvalue weighted by Crippen LogP contribution is 2.52. The van der Waals surface area contributed by atoms with Crippen molar-refractivity contribution in [2.75, 3.05) is 4.90 Å². The van der Waals surface area contributed by atoms with Crippen molar-refractivity contribution in [3.05, 3.63) is 187 Å². The molecule has 0 bridgehead atoms. The highest BCUT2D eigenvalue weighted by molar-refractivity contribution is 6.10. The molecular weight excluding hydrogens is 619 g/mol. The lowest BCUT2D eigenvalue weighted by Gasteiger charge is -2.27. The van der Waals surface area contributed by atoms with Crippen LogP contribution in [0, 0.1) is 0 Å². The molecule has 0 unspecified atom stereocenters. The Balaban J connectivity index is 1.15. The second-order valence-electron chi connectivity index (χ2n) is 14.1.